The molecule has 2 aromatic carbocycles. The van der Waals surface area contributed by atoms with Crippen molar-refractivity contribution in [3.8, 4) is 0 Å². The Kier molecular flexibility index (Phi) is 6.86. The Labute approximate surface area is 179 Å². The van der Waals surface area contributed by atoms with Crippen LogP contribution < -0.4 is 9.80 Å². The van der Waals surface area contributed by atoms with Crippen LogP contribution in [0.2, 0.25) is 5.02 Å². The Balaban J connectivity index is 1.21. The fraction of sp³-hybridized carbons (Fsp3) is 0.458. The number of quaternary nitrogens is 2. The Bertz CT molecular complexity index is 797. The van der Waals surface area contributed by atoms with Gasteiger partial charge in [-0.25, -0.2) is 0 Å². The number of likely N-dealkylation sites (tertiary alicyclic amines) is 1. The maximum atomic E-state index is 13.0. The Morgan fingerprint density at radius 1 is 0.862 bits per heavy atom. The molecule has 0 aromatic heterocycles. The number of rotatable bonds is 5. The number of hydrogen-bond acceptors (Lipinski definition) is 1. The lowest BCUT2D eigenvalue weighted by Gasteiger charge is -2.36. The lowest BCUT2D eigenvalue weighted by molar-refractivity contribution is -0.919. The number of piperidine rings is 1. The minimum Gasteiger partial charge on any atom is -0.331 e. The number of amides is 1. The molecule has 2 aliphatic rings. The first-order valence-corrected chi connectivity index (χ1v) is 11.3. The van der Waals surface area contributed by atoms with Gasteiger partial charge >= 0.3 is 0 Å². The van der Waals surface area contributed by atoms with Crippen molar-refractivity contribution in [1.29, 1.82) is 0 Å². The molecule has 29 heavy (non-hydrogen) atoms. The zero-order valence-electron chi connectivity index (χ0n) is 17.1. The van der Waals surface area contributed by atoms with Crippen molar-refractivity contribution in [3.05, 3.63) is 70.7 Å². The first-order chi connectivity index (χ1) is 14.2. The number of piperazine rings is 1. The van der Waals surface area contributed by atoms with Crippen LogP contribution in [0.15, 0.2) is 54.6 Å². The Hall–Kier alpha value is -1.88. The first kappa shape index (κ1) is 20.4. The first-order valence-electron chi connectivity index (χ1n) is 10.9. The molecule has 0 atom stereocenters. The molecule has 154 valence electrons. The smallest absolute Gasteiger partial charge is 0.226 e. The van der Waals surface area contributed by atoms with Gasteiger partial charge in [0.25, 0.3) is 0 Å². The largest absolute Gasteiger partial charge is 0.331 e. The number of carbonyl (C=O) groups excluding carboxylic acids is 1. The third kappa shape index (κ3) is 5.39. The summed E-state index contributed by atoms with van der Waals surface area (Å²) in [6.07, 6.45) is 1.99. The van der Waals surface area contributed by atoms with E-state index >= 15 is 0 Å². The molecule has 0 aliphatic carbocycles. The standard InChI is InChI=1S/C24H30ClN3O/c25-23-9-5-4-8-22(23)19-26-12-10-21(11-13-26)24(29)28-16-14-27(15-17-28)18-20-6-2-1-3-7-20/h1-9,21H,10-19H2/p+2. The van der Waals surface area contributed by atoms with E-state index in [9.17, 15) is 4.79 Å². The number of benzene rings is 2. The summed E-state index contributed by atoms with van der Waals surface area (Å²) in [4.78, 5) is 18.3. The molecular weight excluding hydrogens is 382 g/mol. The van der Waals surface area contributed by atoms with E-state index in [-0.39, 0.29) is 5.92 Å². The van der Waals surface area contributed by atoms with E-state index in [1.807, 2.05) is 12.1 Å². The van der Waals surface area contributed by atoms with Gasteiger partial charge in [0.15, 0.2) is 0 Å². The van der Waals surface area contributed by atoms with Crippen molar-refractivity contribution >= 4 is 17.5 Å². The van der Waals surface area contributed by atoms with E-state index < -0.39 is 0 Å². The lowest BCUT2D eigenvalue weighted by atomic mass is 9.94. The quantitative estimate of drug-likeness (QED) is 0.754. The molecule has 5 heteroatoms. The third-order valence-corrected chi connectivity index (χ3v) is 6.89. The molecule has 4 nitrogen and oxygen atoms in total. The number of halogens is 1. The topological polar surface area (TPSA) is 29.2 Å². The highest BCUT2D eigenvalue weighted by molar-refractivity contribution is 6.31. The Morgan fingerprint density at radius 2 is 1.48 bits per heavy atom. The van der Waals surface area contributed by atoms with Gasteiger partial charge in [-0.2, -0.15) is 0 Å². The van der Waals surface area contributed by atoms with Crippen LogP contribution in [-0.2, 0) is 17.9 Å². The van der Waals surface area contributed by atoms with Crippen molar-refractivity contribution in [2.45, 2.75) is 25.9 Å². The van der Waals surface area contributed by atoms with Crippen LogP contribution in [0, 0.1) is 5.92 Å². The molecular formula is C24H32ClN3O+2. The normalized spacial score (nSPS) is 23.1. The highest BCUT2D eigenvalue weighted by Crippen LogP contribution is 2.16. The van der Waals surface area contributed by atoms with Gasteiger partial charge < -0.3 is 14.7 Å². The van der Waals surface area contributed by atoms with Crippen molar-refractivity contribution in [3.63, 3.8) is 0 Å². The van der Waals surface area contributed by atoms with Crippen LogP contribution in [-0.4, -0.2) is 50.1 Å². The monoisotopic (exact) mass is 413 g/mol. The van der Waals surface area contributed by atoms with Gasteiger partial charge in [0, 0.05) is 34.9 Å². The summed E-state index contributed by atoms with van der Waals surface area (Å²) in [5.41, 5.74) is 2.60. The maximum Gasteiger partial charge on any atom is 0.226 e. The molecule has 0 radical (unpaired) electrons. The average Bonchev–Trinajstić information content (AvgIpc) is 2.77. The van der Waals surface area contributed by atoms with Crippen LogP contribution in [0.25, 0.3) is 0 Å². The van der Waals surface area contributed by atoms with Crippen molar-refractivity contribution in [2.75, 3.05) is 39.3 Å². The second kappa shape index (κ2) is 9.75. The molecule has 2 heterocycles. The zero-order valence-corrected chi connectivity index (χ0v) is 17.8. The molecule has 2 aromatic rings. The molecule has 2 N–H and O–H groups in total. The van der Waals surface area contributed by atoms with E-state index in [2.05, 4.69) is 47.4 Å². The van der Waals surface area contributed by atoms with Gasteiger partial charge in [0.05, 0.1) is 39.3 Å². The second-order valence-corrected chi connectivity index (χ2v) is 8.94. The average molecular weight is 414 g/mol. The van der Waals surface area contributed by atoms with Crippen LogP contribution in [0.5, 0.6) is 0 Å². The minimum absolute atomic E-state index is 0.209. The SMILES string of the molecule is O=C(C1CC[NH+](Cc2ccccc2Cl)CC1)N1CC[NH+](Cc2ccccc2)CC1. The van der Waals surface area contributed by atoms with E-state index in [1.165, 1.54) is 11.1 Å². The highest BCUT2D eigenvalue weighted by Gasteiger charge is 2.33. The minimum atomic E-state index is 0.209. The number of nitrogens with one attached hydrogen (secondary N) is 2. The molecule has 4 rings (SSSR count). The van der Waals surface area contributed by atoms with Crippen molar-refractivity contribution in [1.82, 2.24) is 4.90 Å². The van der Waals surface area contributed by atoms with Gasteiger partial charge in [0.2, 0.25) is 5.91 Å². The van der Waals surface area contributed by atoms with Crippen LogP contribution in [0.4, 0.5) is 0 Å². The van der Waals surface area contributed by atoms with E-state index in [4.69, 9.17) is 11.6 Å². The van der Waals surface area contributed by atoms with Crippen LogP contribution >= 0.6 is 11.6 Å². The van der Waals surface area contributed by atoms with E-state index in [0.29, 0.717) is 5.91 Å². The molecule has 0 unspecified atom stereocenters. The summed E-state index contributed by atoms with van der Waals surface area (Å²) in [5.74, 6) is 0.598. The summed E-state index contributed by atoms with van der Waals surface area (Å²) >= 11 is 6.31. The number of hydrogen-bond donors (Lipinski definition) is 2. The summed E-state index contributed by atoms with van der Waals surface area (Å²) < 4.78 is 0. The molecule has 0 spiro atoms. The molecule has 1 amide bonds. The third-order valence-electron chi connectivity index (χ3n) is 6.52. The van der Waals surface area contributed by atoms with Gasteiger partial charge in [0.1, 0.15) is 13.1 Å². The summed E-state index contributed by atoms with van der Waals surface area (Å²) in [6.45, 7) is 8.03. The van der Waals surface area contributed by atoms with Gasteiger partial charge in [-0.3, -0.25) is 4.79 Å². The van der Waals surface area contributed by atoms with Crippen molar-refractivity contribution in [2.24, 2.45) is 5.92 Å². The molecule has 2 aliphatic heterocycles. The van der Waals surface area contributed by atoms with Gasteiger partial charge in [-0.15, -0.1) is 0 Å². The van der Waals surface area contributed by atoms with Crippen LogP contribution in [0.1, 0.15) is 24.0 Å². The predicted octanol–water partition coefficient (Wildman–Crippen LogP) is 1.06. The second-order valence-electron chi connectivity index (χ2n) is 8.53. The molecule has 2 saturated heterocycles. The van der Waals surface area contributed by atoms with E-state index in [0.717, 1.165) is 70.2 Å². The van der Waals surface area contributed by atoms with Crippen LogP contribution in [0.3, 0.4) is 0 Å². The molecule has 2 fully saturated rings. The molecule has 0 saturated carbocycles. The van der Waals surface area contributed by atoms with Gasteiger partial charge in [-0.05, 0) is 6.07 Å². The van der Waals surface area contributed by atoms with Crippen molar-refractivity contribution < 1.29 is 14.6 Å². The summed E-state index contributed by atoms with van der Waals surface area (Å²) in [5, 5.41) is 0.856. The number of carbonyl (C=O) groups is 1. The van der Waals surface area contributed by atoms with E-state index in [1.54, 1.807) is 9.80 Å². The summed E-state index contributed by atoms with van der Waals surface area (Å²) in [7, 11) is 0. The summed E-state index contributed by atoms with van der Waals surface area (Å²) in [6, 6.07) is 18.8. The fourth-order valence-electron chi connectivity index (χ4n) is 4.72. The lowest BCUT2D eigenvalue weighted by Crippen LogP contribution is -3.13. The Morgan fingerprint density at radius 3 is 2.17 bits per heavy atom. The number of nitrogens with zero attached hydrogens (tertiary/aromatic N) is 1. The zero-order chi connectivity index (χ0) is 20.1. The van der Waals surface area contributed by atoms with Gasteiger partial charge in [-0.1, -0.05) is 60.1 Å². The maximum absolute atomic E-state index is 13.0. The predicted molar refractivity (Wildman–Crippen MR) is 116 cm³/mol. The highest BCUT2D eigenvalue weighted by atomic mass is 35.5. The fourth-order valence-corrected chi connectivity index (χ4v) is 4.93. The molecule has 0 bridgehead atoms.